The second-order valence-corrected chi connectivity index (χ2v) is 24.9. The Balaban J connectivity index is 1.29. The number of carbonyl (C=O) groups is 1. The van der Waals surface area contributed by atoms with Crippen LogP contribution in [0.15, 0.2) is 146 Å². The molecule has 0 spiro atoms. The van der Waals surface area contributed by atoms with Gasteiger partial charge in [0.05, 0.1) is 38.6 Å². The van der Waals surface area contributed by atoms with Gasteiger partial charge in [-0.05, 0) is 109 Å². The second kappa shape index (κ2) is 56.4. The molecule has 0 radical (unpaired) electrons. The Bertz CT molecular complexity index is 2310. The van der Waals surface area contributed by atoms with Crippen LogP contribution in [0.2, 0.25) is 0 Å². The van der Waals surface area contributed by atoms with E-state index < -0.39 is 124 Å². The number of ether oxygens (including phenoxy) is 6. The first-order valence-corrected chi connectivity index (χ1v) is 36.1. The van der Waals surface area contributed by atoms with Crippen LogP contribution in [0.5, 0.6) is 0 Å². The van der Waals surface area contributed by atoms with Crippen molar-refractivity contribution in [2.45, 2.75) is 304 Å². The predicted molar refractivity (Wildman–Crippen MR) is 378 cm³/mol. The molecule has 0 aromatic rings. The maximum absolute atomic E-state index is 13.4. The van der Waals surface area contributed by atoms with Gasteiger partial charge >= 0.3 is 0 Å². The van der Waals surface area contributed by atoms with Crippen molar-refractivity contribution < 1.29 is 89.4 Å². The number of carbonyl (C=O) groups excluding carboxylic acids is 1. The highest BCUT2D eigenvalue weighted by molar-refractivity contribution is 5.76. The van der Waals surface area contributed by atoms with Crippen molar-refractivity contribution in [3.8, 4) is 0 Å². The Kier molecular flexibility index (Phi) is 50.5. The Hall–Kier alpha value is -4.33. The van der Waals surface area contributed by atoms with E-state index >= 15 is 0 Å². The number of hydrogen-bond donors (Lipinski definition) is 12. The van der Waals surface area contributed by atoms with Crippen molar-refractivity contribution >= 4 is 5.91 Å². The number of aliphatic hydroxyl groups excluding tert-OH is 11. The van der Waals surface area contributed by atoms with E-state index in [2.05, 4.69) is 153 Å². The van der Waals surface area contributed by atoms with Crippen LogP contribution in [0.25, 0.3) is 0 Å². The summed E-state index contributed by atoms with van der Waals surface area (Å²) in [7, 11) is 0. The number of unbranched alkanes of at least 4 members (excludes halogenated alkanes) is 15. The number of nitrogens with one attached hydrogen (secondary N) is 1. The summed E-state index contributed by atoms with van der Waals surface area (Å²) >= 11 is 0. The molecule has 96 heavy (non-hydrogen) atoms. The van der Waals surface area contributed by atoms with Crippen LogP contribution in [0, 0.1) is 0 Å². The average Bonchev–Trinajstić information content (AvgIpc) is 0.849. The van der Waals surface area contributed by atoms with Gasteiger partial charge in [-0.15, -0.1) is 0 Å². The molecular weight excluding hydrogens is 1230 g/mol. The molecule has 0 bridgehead atoms. The van der Waals surface area contributed by atoms with E-state index in [0.29, 0.717) is 12.8 Å². The molecule has 0 aliphatic carbocycles. The van der Waals surface area contributed by atoms with E-state index in [1.165, 1.54) is 51.4 Å². The fourth-order valence-corrected chi connectivity index (χ4v) is 11.1. The van der Waals surface area contributed by atoms with Gasteiger partial charge in [0.2, 0.25) is 5.91 Å². The van der Waals surface area contributed by atoms with Crippen LogP contribution in [-0.4, -0.2) is 193 Å². The Morgan fingerprint density at radius 2 is 0.698 bits per heavy atom. The normalized spacial score (nSPS) is 27.9. The van der Waals surface area contributed by atoms with Crippen LogP contribution in [0.3, 0.4) is 0 Å². The molecule has 17 atom stereocenters. The molecule has 546 valence electrons. The molecule has 3 rings (SSSR count). The lowest BCUT2D eigenvalue weighted by molar-refractivity contribution is -0.379. The van der Waals surface area contributed by atoms with Gasteiger partial charge in [0.15, 0.2) is 18.9 Å². The fourth-order valence-electron chi connectivity index (χ4n) is 11.1. The van der Waals surface area contributed by atoms with E-state index in [1.807, 2.05) is 6.08 Å². The van der Waals surface area contributed by atoms with Crippen LogP contribution >= 0.6 is 0 Å². The second-order valence-electron chi connectivity index (χ2n) is 24.9. The SMILES string of the molecule is CC/C=C\C/C=C\C/C=C\C/C=C\C/C=C\C/C=C\C/C=C\C/C=C\C/C=C\CCCCCCCCCCCCCCCC(=O)NC(COC1OC(CO)C(OC2OC(CO)C(OC3OC(CO)C(O)C(O)C3O)C(O)C2O)C(O)C1O)C(O)/C=C/CC/C=C/CC/C=C/CC. The molecule has 1 amide bonds. The zero-order valence-electron chi connectivity index (χ0n) is 57.8. The summed E-state index contributed by atoms with van der Waals surface area (Å²) in [6, 6.07) is -1.00. The van der Waals surface area contributed by atoms with Gasteiger partial charge in [-0.1, -0.05) is 230 Å². The van der Waals surface area contributed by atoms with E-state index in [4.69, 9.17) is 28.4 Å². The zero-order chi connectivity index (χ0) is 69.6. The van der Waals surface area contributed by atoms with Crippen molar-refractivity contribution in [3.05, 3.63) is 146 Å². The van der Waals surface area contributed by atoms with Crippen molar-refractivity contribution in [3.63, 3.8) is 0 Å². The predicted octanol–water partition coefficient (Wildman–Crippen LogP) is 10.3. The van der Waals surface area contributed by atoms with Crippen molar-refractivity contribution in [1.82, 2.24) is 5.32 Å². The molecule has 19 heteroatoms. The van der Waals surface area contributed by atoms with Gasteiger partial charge in [0, 0.05) is 6.42 Å². The molecule has 17 unspecified atom stereocenters. The zero-order valence-corrected chi connectivity index (χ0v) is 57.8. The summed E-state index contributed by atoms with van der Waals surface area (Å²) in [6.07, 6.45) is 54.5. The van der Waals surface area contributed by atoms with Gasteiger partial charge in [-0.2, -0.15) is 0 Å². The fraction of sp³-hybridized carbons (Fsp3) is 0.675. The summed E-state index contributed by atoms with van der Waals surface area (Å²) in [4.78, 5) is 13.4. The van der Waals surface area contributed by atoms with Gasteiger partial charge in [-0.25, -0.2) is 0 Å². The van der Waals surface area contributed by atoms with Crippen molar-refractivity contribution in [1.29, 1.82) is 0 Å². The highest BCUT2D eigenvalue weighted by atomic mass is 16.8. The number of hydrogen-bond acceptors (Lipinski definition) is 18. The minimum Gasteiger partial charge on any atom is -0.394 e. The van der Waals surface area contributed by atoms with E-state index in [9.17, 15) is 61.0 Å². The highest BCUT2D eigenvalue weighted by Gasteiger charge is 2.53. The van der Waals surface area contributed by atoms with Crippen LogP contribution in [0.4, 0.5) is 0 Å². The molecule has 0 saturated carbocycles. The Labute approximate surface area is 574 Å². The summed E-state index contributed by atoms with van der Waals surface area (Å²) in [5.74, 6) is -0.300. The molecule has 3 aliphatic heterocycles. The third-order valence-electron chi connectivity index (χ3n) is 16.9. The van der Waals surface area contributed by atoms with E-state index in [-0.39, 0.29) is 18.9 Å². The first-order chi connectivity index (χ1) is 46.8. The van der Waals surface area contributed by atoms with Crippen molar-refractivity contribution in [2.24, 2.45) is 0 Å². The van der Waals surface area contributed by atoms with Gasteiger partial charge in [0.25, 0.3) is 0 Å². The van der Waals surface area contributed by atoms with E-state index in [1.54, 1.807) is 6.08 Å². The third kappa shape index (κ3) is 37.2. The van der Waals surface area contributed by atoms with Crippen LogP contribution in [-0.2, 0) is 33.2 Å². The van der Waals surface area contributed by atoms with Gasteiger partial charge in [0.1, 0.15) is 73.2 Å². The highest BCUT2D eigenvalue weighted by Crippen LogP contribution is 2.33. The minimum absolute atomic E-state index is 0.221. The average molecular weight is 1350 g/mol. The lowest BCUT2D eigenvalue weighted by Crippen LogP contribution is -2.66. The van der Waals surface area contributed by atoms with Crippen molar-refractivity contribution in [2.75, 3.05) is 26.4 Å². The van der Waals surface area contributed by atoms with Crippen LogP contribution < -0.4 is 5.32 Å². The van der Waals surface area contributed by atoms with Gasteiger partial charge in [-0.3, -0.25) is 4.79 Å². The first kappa shape index (κ1) is 85.9. The first-order valence-electron chi connectivity index (χ1n) is 36.1. The Morgan fingerprint density at radius 3 is 1.12 bits per heavy atom. The number of amides is 1. The van der Waals surface area contributed by atoms with Crippen LogP contribution in [0.1, 0.15) is 200 Å². The maximum atomic E-state index is 13.4. The van der Waals surface area contributed by atoms with Gasteiger partial charge < -0.3 is 89.9 Å². The lowest BCUT2D eigenvalue weighted by atomic mass is 9.96. The molecule has 12 N–H and O–H groups in total. The molecule has 3 heterocycles. The lowest BCUT2D eigenvalue weighted by Gasteiger charge is -2.48. The maximum Gasteiger partial charge on any atom is 0.220 e. The number of rotatable bonds is 53. The van der Waals surface area contributed by atoms with E-state index in [0.717, 1.165) is 116 Å². The summed E-state index contributed by atoms with van der Waals surface area (Å²) < 4.78 is 34.2. The minimum atomic E-state index is -1.99. The molecule has 19 nitrogen and oxygen atoms in total. The standard InChI is InChI=1S/C77H125NO18/c1-3-5-7-9-11-13-15-16-17-18-19-20-21-22-23-24-25-26-27-28-29-30-31-32-33-34-35-36-37-38-39-40-41-42-43-44-45-47-49-51-53-55-65(83)78-60(61(82)54-52-50-48-46-14-12-10-8-6-4-2)59-91-75-71(89)68(86)73(63(57-80)93-75)96-77-72(90)69(87)74(64(58-81)94-77)95-76-70(88)67(85)66(84)62(56-79)92-76/h5-8,11,13-14,16-17,19-20,22-23,25-26,28-29,31-32,34-35,46,52,54,60-64,66-77,79-82,84-90H,3-4,9-10,12,15,18,21,24,27,30,33,36-45,47-51,53,55-59H2,1-2H3,(H,78,83)/b7-5-,8-6+,13-11-,17-16-,20-19-,23-22-,26-25-,29-28-,32-31-,35-34-,46-14+,54-52+. The Morgan fingerprint density at radius 1 is 0.375 bits per heavy atom. The largest absolute Gasteiger partial charge is 0.394 e. The summed E-state index contributed by atoms with van der Waals surface area (Å²) in [5.41, 5.74) is 0. The molecule has 0 aromatic carbocycles. The molecule has 3 aliphatic rings. The summed E-state index contributed by atoms with van der Waals surface area (Å²) in [6.45, 7) is 1.42. The molecule has 3 saturated heterocycles. The smallest absolute Gasteiger partial charge is 0.220 e. The molecule has 0 aromatic heterocycles. The summed E-state index contributed by atoms with van der Waals surface area (Å²) in [5, 5.41) is 120. The monoisotopic (exact) mass is 1350 g/mol. The molecule has 3 fully saturated rings. The number of aliphatic hydroxyl groups is 11. The topological polar surface area (TPSA) is 307 Å². The molecular formula is C77H125NO18. The number of allylic oxidation sites excluding steroid dienone is 23. The third-order valence-corrected chi connectivity index (χ3v) is 16.9. The quantitative estimate of drug-likeness (QED) is 0.0199.